The van der Waals surface area contributed by atoms with E-state index in [0.29, 0.717) is 17.8 Å². The zero-order valence-corrected chi connectivity index (χ0v) is 19.5. The third-order valence-corrected chi connectivity index (χ3v) is 6.04. The molecule has 0 bridgehead atoms. The molecule has 1 aliphatic rings. The number of nitrogens with one attached hydrogen (secondary N) is 1. The van der Waals surface area contributed by atoms with E-state index in [9.17, 15) is 14.0 Å². The molecule has 1 fully saturated rings. The van der Waals surface area contributed by atoms with Gasteiger partial charge in [-0.1, -0.05) is 39.2 Å². The number of halogens is 1. The Balaban J connectivity index is 1.96. The standard InChI is InChI=1S/C26H34FN3O2/c1-18(2)25(31)28-22-13-14-24(29(3)4)20(16-22)17-30(23-11-6-5-7-12-23)26(32)19-9-8-10-21(27)15-19/h8-10,13-16,18,23H,5-7,11-12,17H2,1-4H3,(H,28,31). The van der Waals surface area contributed by atoms with Gasteiger partial charge in [-0.3, -0.25) is 9.59 Å². The first-order valence-corrected chi connectivity index (χ1v) is 11.4. The van der Waals surface area contributed by atoms with Gasteiger partial charge in [0.15, 0.2) is 0 Å². The van der Waals surface area contributed by atoms with Crippen molar-refractivity contribution in [3.63, 3.8) is 0 Å². The van der Waals surface area contributed by atoms with Crippen LogP contribution in [-0.4, -0.2) is 36.9 Å². The molecule has 0 unspecified atom stereocenters. The molecular weight excluding hydrogens is 405 g/mol. The maximum atomic E-state index is 13.9. The summed E-state index contributed by atoms with van der Waals surface area (Å²) in [6, 6.07) is 11.8. The molecule has 0 atom stereocenters. The van der Waals surface area contributed by atoms with Crippen LogP contribution in [0.25, 0.3) is 0 Å². The highest BCUT2D eigenvalue weighted by Crippen LogP contribution is 2.30. The lowest BCUT2D eigenvalue weighted by Gasteiger charge is -2.35. The van der Waals surface area contributed by atoms with E-state index >= 15 is 0 Å². The van der Waals surface area contributed by atoms with Crippen molar-refractivity contribution in [2.75, 3.05) is 24.3 Å². The maximum absolute atomic E-state index is 13.9. The molecule has 1 N–H and O–H groups in total. The van der Waals surface area contributed by atoms with E-state index in [1.807, 2.05) is 55.9 Å². The molecule has 0 heterocycles. The summed E-state index contributed by atoms with van der Waals surface area (Å²) < 4.78 is 13.9. The number of amides is 2. The van der Waals surface area contributed by atoms with Crippen LogP contribution in [0.15, 0.2) is 42.5 Å². The largest absolute Gasteiger partial charge is 0.377 e. The van der Waals surface area contributed by atoms with Crippen LogP contribution in [0.4, 0.5) is 15.8 Å². The molecule has 2 amide bonds. The van der Waals surface area contributed by atoms with Crippen molar-refractivity contribution in [3.05, 3.63) is 59.4 Å². The van der Waals surface area contributed by atoms with Gasteiger partial charge in [-0.15, -0.1) is 0 Å². The molecule has 0 aromatic heterocycles. The van der Waals surface area contributed by atoms with Gasteiger partial charge >= 0.3 is 0 Å². The minimum Gasteiger partial charge on any atom is -0.377 e. The third-order valence-electron chi connectivity index (χ3n) is 6.04. The molecule has 0 spiro atoms. The molecule has 2 aromatic carbocycles. The molecule has 0 radical (unpaired) electrons. The zero-order chi connectivity index (χ0) is 23.3. The highest BCUT2D eigenvalue weighted by atomic mass is 19.1. The van der Waals surface area contributed by atoms with Gasteiger partial charge in [0.25, 0.3) is 5.91 Å². The van der Waals surface area contributed by atoms with Gasteiger partial charge in [0, 0.05) is 49.5 Å². The van der Waals surface area contributed by atoms with Crippen LogP contribution in [0, 0.1) is 11.7 Å². The van der Waals surface area contributed by atoms with Gasteiger partial charge in [-0.2, -0.15) is 0 Å². The third kappa shape index (κ3) is 5.87. The Labute approximate surface area is 190 Å². The number of rotatable bonds is 7. The van der Waals surface area contributed by atoms with Gasteiger partial charge in [0.05, 0.1) is 0 Å². The molecule has 172 valence electrons. The first kappa shape index (κ1) is 23.8. The van der Waals surface area contributed by atoms with Crippen LogP contribution in [0.5, 0.6) is 0 Å². The molecule has 3 rings (SSSR count). The van der Waals surface area contributed by atoms with Crippen LogP contribution in [-0.2, 0) is 11.3 Å². The Bertz CT molecular complexity index is 952. The molecule has 1 saturated carbocycles. The molecule has 1 aliphatic carbocycles. The van der Waals surface area contributed by atoms with Gasteiger partial charge < -0.3 is 15.1 Å². The Morgan fingerprint density at radius 3 is 2.41 bits per heavy atom. The summed E-state index contributed by atoms with van der Waals surface area (Å²) in [4.78, 5) is 29.6. The summed E-state index contributed by atoms with van der Waals surface area (Å²) in [5.74, 6) is -0.738. The first-order valence-electron chi connectivity index (χ1n) is 11.4. The van der Waals surface area contributed by atoms with E-state index in [0.717, 1.165) is 36.9 Å². The predicted molar refractivity (Wildman–Crippen MR) is 127 cm³/mol. The van der Waals surface area contributed by atoms with Crippen molar-refractivity contribution >= 4 is 23.2 Å². The van der Waals surface area contributed by atoms with Gasteiger partial charge in [0.1, 0.15) is 5.82 Å². The maximum Gasteiger partial charge on any atom is 0.254 e. The van der Waals surface area contributed by atoms with Crippen molar-refractivity contribution in [2.24, 2.45) is 5.92 Å². The average Bonchev–Trinajstić information content (AvgIpc) is 2.77. The summed E-state index contributed by atoms with van der Waals surface area (Å²) in [6.45, 7) is 4.11. The quantitative estimate of drug-likeness (QED) is 0.623. The molecule has 0 aliphatic heterocycles. The molecular formula is C26H34FN3O2. The lowest BCUT2D eigenvalue weighted by molar-refractivity contribution is -0.118. The highest BCUT2D eigenvalue weighted by molar-refractivity contribution is 5.95. The average molecular weight is 440 g/mol. The number of hydrogen-bond donors (Lipinski definition) is 1. The van der Waals surface area contributed by atoms with Crippen molar-refractivity contribution in [3.8, 4) is 0 Å². The van der Waals surface area contributed by atoms with Crippen molar-refractivity contribution < 1.29 is 14.0 Å². The number of carbonyl (C=O) groups is 2. The number of anilines is 2. The lowest BCUT2D eigenvalue weighted by Crippen LogP contribution is -2.41. The van der Waals surface area contributed by atoms with Crippen LogP contribution in [0.3, 0.4) is 0 Å². The fraction of sp³-hybridized carbons (Fsp3) is 0.462. The SMILES string of the molecule is CC(C)C(=O)Nc1ccc(N(C)C)c(CN(C(=O)c2cccc(F)c2)C2CCCCC2)c1. The summed E-state index contributed by atoms with van der Waals surface area (Å²) in [6.07, 6.45) is 5.24. The van der Waals surface area contributed by atoms with Crippen LogP contribution in [0.2, 0.25) is 0 Å². The Hall–Kier alpha value is -2.89. The molecule has 5 nitrogen and oxygen atoms in total. The van der Waals surface area contributed by atoms with E-state index in [-0.39, 0.29) is 23.8 Å². The normalized spacial score (nSPS) is 14.3. The Kier molecular flexibility index (Phi) is 7.89. The molecule has 32 heavy (non-hydrogen) atoms. The van der Waals surface area contributed by atoms with E-state index in [1.54, 1.807) is 12.1 Å². The van der Waals surface area contributed by atoms with Crippen LogP contribution >= 0.6 is 0 Å². The highest BCUT2D eigenvalue weighted by Gasteiger charge is 2.28. The number of nitrogens with zero attached hydrogens (tertiary/aromatic N) is 2. The molecule has 2 aromatic rings. The Morgan fingerprint density at radius 2 is 1.78 bits per heavy atom. The lowest BCUT2D eigenvalue weighted by atomic mass is 9.93. The summed E-state index contributed by atoms with van der Waals surface area (Å²) in [7, 11) is 3.93. The summed E-state index contributed by atoms with van der Waals surface area (Å²) >= 11 is 0. The molecule has 0 saturated heterocycles. The topological polar surface area (TPSA) is 52.7 Å². The van der Waals surface area contributed by atoms with Crippen LogP contribution < -0.4 is 10.2 Å². The van der Waals surface area contributed by atoms with Crippen molar-refractivity contribution in [1.29, 1.82) is 0 Å². The first-order chi connectivity index (χ1) is 15.3. The van der Waals surface area contributed by atoms with Crippen molar-refractivity contribution in [2.45, 2.75) is 58.5 Å². The zero-order valence-electron chi connectivity index (χ0n) is 19.5. The fourth-order valence-electron chi connectivity index (χ4n) is 4.24. The van der Waals surface area contributed by atoms with E-state index in [4.69, 9.17) is 0 Å². The number of benzene rings is 2. The second-order valence-corrected chi connectivity index (χ2v) is 9.12. The Morgan fingerprint density at radius 1 is 1.06 bits per heavy atom. The van der Waals surface area contributed by atoms with Crippen LogP contribution in [0.1, 0.15) is 61.9 Å². The summed E-state index contributed by atoms with van der Waals surface area (Å²) in [5, 5.41) is 2.96. The summed E-state index contributed by atoms with van der Waals surface area (Å²) in [5.41, 5.74) is 3.02. The fourth-order valence-corrected chi connectivity index (χ4v) is 4.24. The van der Waals surface area contributed by atoms with E-state index in [2.05, 4.69) is 5.32 Å². The van der Waals surface area contributed by atoms with E-state index < -0.39 is 5.82 Å². The number of hydrogen-bond acceptors (Lipinski definition) is 3. The van der Waals surface area contributed by atoms with Gasteiger partial charge in [-0.25, -0.2) is 4.39 Å². The van der Waals surface area contributed by atoms with E-state index in [1.165, 1.54) is 18.6 Å². The minimum absolute atomic E-state index is 0.0477. The predicted octanol–water partition coefficient (Wildman–Crippen LogP) is 5.46. The minimum atomic E-state index is -0.410. The second-order valence-electron chi connectivity index (χ2n) is 9.12. The van der Waals surface area contributed by atoms with Gasteiger partial charge in [-0.05, 0) is 54.8 Å². The smallest absolute Gasteiger partial charge is 0.254 e. The second kappa shape index (κ2) is 10.6. The number of carbonyl (C=O) groups excluding carboxylic acids is 2. The van der Waals surface area contributed by atoms with Gasteiger partial charge in [0.2, 0.25) is 5.91 Å². The molecule has 6 heteroatoms. The monoisotopic (exact) mass is 439 g/mol. The van der Waals surface area contributed by atoms with Crippen molar-refractivity contribution in [1.82, 2.24) is 4.90 Å².